The standard InChI is InChI=1S/C20H27N5O2.ClH/c1-24-9-11-25(12-10-24)20-17(3-2-8-23-20)14-22-13-16-4-6-18(7-5-16)27-15-19(21)26;/h2-8,22H,9-15H2,1H3,(H2,21,26);1H. The molecule has 0 spiro atoms. The molecule has 0 unspecified atom stereocenters. The van der Waals surface area contributed by atoms with Crippen LogP contribution < -0.4 is 20.7 Å². The van der Waals surface area contributed by atoms with Gasteiger partial charge in [0, 0.05) is 51.0 Å². The van der Waals surface area contributed by atoms with Crippen LogP contribution in [0.25, 0.3) is 0 Å². The molecule has 1 aliphatic heterocycles. The number of rotatable bonds is 8. The predicted octanol–water partition coefficient (Wildman–Crippen LogP) is 1.41. The normalized spacial score (nSPS) is 14.4. The number of primary amides is 1. The molecule has 1 amide bonds. The van der Waals surface area contributed by atoms with Gasteiger partial charge < -0.3 is 25.6 Å². The van der Waals surface area contributed by atoms with Gasteiger partial charge in [-0.25, -0.2) is 4.98 Å². The molecule has 1 fully saturated rings. The lowest BCUT2D eigenvalue weighted by molar-refractivity contribution is -0.119. The number of amides is 1. The Hall–Kier alpha value is -2.35. The van der Waals surface area contributed by atoms with E-state index in [0.29, 0.717) is 5.75 Å². The number of halogens is 1. The van der Waals surface area contributed by atoms with Crippen LogP contribution in [0.2, 0.25) is 0 Å². The fourth-order valence-corrected chi connectivity index (χ4v) is 3.07. The lowest BCUT2D eigenvalue weighted by atomic mass is 10.2. The Labute approximate surface area is 172 Å². The minimum Gasteiger partial charge on any atom is -0.484 e. The largest absolute Gasteiger partial charge is 0.484 e. The van der Waals surface area contributed by atoms with Crippen molar-refractivity contribution in [2.24, 2.45) is 5.73 Å². The number of aromatic nitrogens is 1. The van der Waals surface area contributed by atoms with Gasteiger partial charge in [-0.1, -0.05) is 18.2 Å². The van der Waals surface area contributed by atoms with Crippen molar-refractivity contribution in [2.45, 2.75) is 13.1 Å². The molecule has 1 saturated heterocycles. The van der Waals surface area contributed by atoms with Crippen molar-refractivity contribution < 1.29 is 9.53 Å². The third kappa shape index (κ3) is 6.37. The average Bonchev–Trinajstić information content (AvgIpc) is 2.68. The van der Waals surface area contributed by atoms with Crippen molar-refractivity contribution in [3.05, 3.63) is 53.7 Å². The number of nitrogens with two attached hydrogens (primary N) is 1. The monoisotopic (exact) mass is 405 g/mol. The van der Waals surface area contributed by atoms with Gasteiger partial charge in [-0.05, 0) is 30.8 Å². The van der Waals surface area contributed by atoms with E-state index in [2.05, 4.69) is 33.2 Å². The second-order valence-corrected chi connectivity index (χ2v) is 6.78. The fraction of sp³-hybridized carbons (Fsp3) is 0.400. The second-order valence-electron chi connectivity index (χ2n) is 6.78. The van der Waals surface area contributed by atoms with E-state index in [9.17, 15) is 4.79 Å². The molecule has 1 aromatic heterocycles. The minimum atomic E-state index is -0.478. The molecule has 7 nitrogen and oxygen atoms in total. The summed E-state index contributed by atoms with van der Waals surface area (Å²) in [4.78, 5) is 20.1. The van der Waals surface area contributed by atoms with Crippen LogP contribution in [0.15, 0.2) is 42.6 Å². The van der Waals surface area contributed by atoms with Crippen molar-refractivity contribution in [1.82, 2.24) is 15.2 Å². The molecule has 0 radical (unpaired) electrons. The molecule has 3 rings (SSSR count). The van der Waals surface area contributed by atoms with Gasteiger partial charge in [0.1, 0.15) is 11.6 Å². The van der Waals surface area contributed by atoms with Gasteiger partial charge in [0.2, 0.25) is 0 Å². The van der Waals surface area contributed by atoms with Gasteiger partial charge in [0.15, 0.2) is 6.61 Å². The van der Waals surface area contributed by atoms with Crippen LogP contribution in [0.5, 0.6) is 5.75 Å². The molecule has 3 N–H and O–H groups in total. The number of ether oxygens (including phenoxy) is 1. The van der Waals surface area contributed by atoms with Gasteiger partial charge in [-0.15, -0.1) is 12.4 Å². The van der Waals surface area contributed by atoms with E-state index in [-0.39, 0.29) is 19.0 Å². The van der Waals surface area contributed by atoms with Crippen LogP contribution in [-0.4, -0.2) is 55.6 Å². The van der Waals surface area contributed by atoms with Crippen molar-refractivity contribution >= 4 is 24.1 Å². The maximum absolute atomic E-state index is 10.7. The maximum Gasteiger partial charge on any atom is 0.255 e. The van der Waals surface area contributed by atoms with Crippen molar-refractivity contribution in [3.63, 3.8) is 0 Å². The molecule has 1 aromatic carbocycles. The molecular formula is C20H28ClN5O2. The Balaban J connectivity index is 0.00000280. The quantitative estimate of drug-likeness (QED) is 0.690. The first-order chi connectivity index (χ1) is 13.1. The molecule has 0 atom stereocenters. The maximum atomic E-state index is 10.7. The molecule has 0 bridgehead atoms. The van der Waals surface area contributed by atoms with Gasteiger partial charge in [-0.2, -0.15) is 0 Å². The van der Waals surface area contributed by atoms with Crippen LogP contribution in [-0.2, 0) is 17.9 Å². The van der Waals surface area contributed by atoms with Crippen LogP contribution >= 0.6 is 12.4 Å². The van der Waals surface area contributed by atoms with Crippen LogP contribution in [0.1, 0.15) is 11.1 Å². The summed E-state index contributed by atoms with van der Waals surface area (Å²) >= 11 is 0. The third-order valence-corrected chi connectivity index (χ3v) is 4.62. The van der Waals surface area contributed by atoms with Crippen molar-refractivity contribution in [1.29, 1.82) is 0 Å². The van der Waals surface area contributed by atoms with E-state index in [0.717, 1.165) is 50.6 Å². The number of anilines is 1. The summed E-state index contributed by atoms with van der Waals surface area (Å²) in [5.74, 6) is 1.24. The zero-order chi connectivity index (χ0) is 19.1. The SMILES string of the molecule is CN1CCN(c2ncccc2CNCc2ccc(OCC(N)=O)cc2)CC1.Cl. The molecule has 0 saturated carbocycles. The summed E-state index contributed by atoms with van der Waals surface area (Å²) < 4.78 is 5.27. The Morgan fingerprint density at radius 2 is 1.86 bits per heavy atom. The Morgan fingerprint density at radius 3 is 2.54 bits per heavy atom. The molecular weight excluding hydrogens is 378 g/mol. The number of hydrogen-bond acceptors (Lipinski definition) is 6. The topological polar surface area (TPSA) is 83.7 Å². The molecule has 0 aliphatic carbocycles. The number of nitrogens with one attached hydrogen (secondary N) is 1. The van der Waals surface area contributed by atoms with Crippen LogP contribution in [0, 0.1) is 0 Å². The molecule has 1 aliphatic rings. The molecule has 2 aromatic rings. The number of piperazine rings is 1. The Kier molecular flexibility index (Phi) is 8.50. The van der Waals surface area contributed by atoms with Crippen molar-refractivity contribution in [2.75, 3.05) is 44.7 Å². The van der Waals surface area contributed by atoms with Gasteiger partial charge >= 0.3 is 0 Å². The number of carbonyl (C=O) groups is 1. The lowest BCUT2D eigenvalue weighted by Crippen LogP contribution is -2.45. The minimum absolute atomic E-state index is 0. The number of benzene rings is 1. The molecule has 28 heavy (non-hydrogen) atoms. The zero-order valence-electron chi connectivity index (χ0n) is 16.1. The van der Waals surface area contributed by atoms with Crippen LogP contribution in [0.3, 0.4) is 0 Å². The second kappa shape index (κ2) is 10.8. The third-order valence-electron chi connectivity index (χ3n) is 4.62. The molecule has 8 heteroatoms. The Bertz CT molecular complexity index is 749. The van der Waals surface area contributed by atoms with E-state index in [1.165, 1.54) is 5.56 Å². The highest BCUT2D eigenvalue weighted by Gasteiger charge is 2.17. The summed E-state index contributed by atoms with van der Waals surface area (Å²) in [6.07, 6.45) is 1.86. The number of pyridine rings is 1. The highest BCUT2D eigenvalue weighted by Crippen LogP contribution is 2.19. The predicted molar refractivity (Wildman–Crippen MR) is 113 cm³/mol. The average molecular weight is 406 g/mol. The molecule has 152 valence electrons. The Morgan fingerprint density at radius 1 is 1.14 bits per heavy atom. The first kappa shape index (κ1) is 21.9. The first-order valence-corrected chi connectivity index (χ1v) is 9.20. The first-order valence-electron chi connectivity index (χ1n) is 9.20. The number of likely N-dealkylation sites (N-methyl/N-ethyl adjacent to an activating group) is 1. The number of hydrogen-bond donors (Lipinski definition) is 2. The summed E-state index contributed by atoms with van der Waals surface area (Å²) in [6, 6.07) is 11.8. The van der Waals surface area contributed by atoms with E-state index in [1.807, 2.05) is 36.5 Å². The van der Waals surface area contributed by atoms with Crippen LogP contribution in [0.4, 0.5) is 5.82 Å². The number of carbonyl (C=O) groups excluding carboxylic acids is 1. The van der Waals surface area contributed by atoms with Gasteiger partial charge in [-0.3, -0.25) is 4.79 Å². The summed E-state index contributed by atoms with van der Waals surface area (Å²) in [5, 5.41) is 3.48. The van der Waals surface area contributed by atoms with Crippen molar-refractivity contribution in [3.8, 4) is 5.75 Å². The van der Waals surface area contributed by atoms with E-state index >= 15 is 0 Å². The highest BCUT2D eigenvalue weighted by molar-refractivity contribution is 5.85. The summed E-state index contributed by atoms with van der Waals surface area (Å²) in [6.45, 7) is 5.54. The van der Waals surface area contributed by atoms with E-state index in [4.69, 9.17) is 10.5 Å². The number of nitrogens with zero attached hydrogens (tertiary/aromatic N) is 3. The highest BCUT2D eigenvalue weighted by atomic mass is 35.5. The van der Waals surface area contributed by atoms with E-state index in [1.54, 1.807) is 0 Å². The van der Waals surface area contributed by atoms with E-state index < -0.39 is 5.91 Å². The van der Waals surface area contributed by atoms with Gasteiger partial charge in [0.25, 0.3) is 5.91 Å². The zero-order valence-corrected chi connectivity index (χ0v) is 17.0. The smallest absolute Gasteiger partial charge is 0.255 e. The summed E-state index contributed by atoms with van der Waals surface area (Å²) in [7, 11) is 2.16. The van der Waals surface area contributed by atoms with Gasteiger partial charge in [0.05, 0.1) is 0 Å². The lowest BCUT2D eigenvalue weighted by Gasteiger charge is -2.34. The molecule has 2 heterocycles. The fourth-order valence-electron chi connectivity index (χ4n) is 3.07. The summed E-state index contributed by atoms with van der Waals surface area (Å²) in [5.41, 5.74) is 7.44.